The average Bonchev–Trinajstić information content (AvgIpc) is 2.76. The predicted molar refractivity (Wildman–Crippen MR) is 65.6 cm³/mol. The molecule has 96 valence electrons. The molecule has 0 aromatic carbocycles. The Morgan fingerprint density at radius 1 is 1.59 bits per heavy atom. The van der Waals surface area contributed by atoms with E-state index in [1.165, 1.54) is 19.3 Å². The zero-order chi connectivity index (χ0) is 12.1. The SMILES string of the molecule is CCNC(CC1CCCCO1)c1cnnn1C. The Bertz CT molecular complexity index is 333. The largest absolute Gasteiger partial charge is 0.378 e. The number of hydrogen-bond acceptors (Lipinski definition) is 4. The van der Waals surface area contributed by atoms with Gasteiger partial charge in [-0.15, -0.1) is 5.10 Å². The molecule has 2 unspecified atom stereocenters. The smallest absolute Gasteiger partial charge is 0.0754 e. The molecular weight excluding hydrogens is 216 g/mol. The summed E-state index contributed by atoms with van der Waals surface area (Å²) in [5.41, 5.74) is 1.14. The summed E-state index contributed by atoms with van der Waals surface area (Å²) in [4.78, 5) is 0. The van der Waals surface area contributed by atoms with Crippen molar-refractivity contribution in [1.82, 2.24) is 20.3 Å². The van der Waals surface area contributed by atoms with E-state index < -0.39 is 0 Å². The first kappa shape index (κ1) is 12.5. The second kappa shape index (κ2) is 6.12. The van der Waals surface area contributed by atoms with Crippen LogP contribution in [0.1, 0.15) is 44.3 Å². The van der Waals surface area contributed by atoms with Crippen LogP contribution >= 0.6 is 0 Å². The van der Waals surface area contributed by atoms with Gasteiger partial charge in [-0.25, -0.2) is 0 Å². The summed E-state index contributed by atoms with van der Waals surface area (Å²) in [6, 6.07) is 0.295. The third-order valence-corrected chi connectivity index (χ3v) is 3.33. The first-order chi connectivity index (χ1) is 8.31. The minimum Gasteiger partial charge on any atom is -0.378 e. The van der Waals surface area contributed by atoms with Gasteiger partial charge < -0.3 is 10.1 Å². The molecule has 17 heavy (non-hydrogen) atoms. The van der Waals surface area contributed by atoms with Gasteiger partial charge >= 0.3 is 0 Å². The molecule has 0 spiro atoms. The maximum absolute atomic E-state index is 5.80. The van der Waals surface area contributed by atoms with Gasteiger partial charge in [0.25, 0.3) is 0 Å². The predicted octanol–water partition coefficient (Wildman–Crippen LogP) is 1.42. The minimum absolute atomic E-state index is 0.295. The summed E-state index contributed by atoms with van der Waals surface area (Å²) in [5.74, 6) is 0. The first-order valence-corrected chi connectivity index (χ1v) is 6.50. The van der Waals surface area contributed by atoms with Crippen molar-refractivity contribution in [3.05, 3.63) is 11.9 Å². The molecule has 0 aliphatic carbocycles. The van der Waals surface area contributed by atoms with Crippen molar-refractivity contribution in [2.24, 2.45) is 7.05 Å². The number of ether oxygens (including phenoxy) is 1. The van der Waals surface area contributed by atoms with Gasteiger partial charge in [0.05, 0.1) is 24.0 Å². The lowest BCUT2D eigenvalue weighted by atomic mass is 10.00. The minimum atomic E-state index is 0.295. The van der Waals surface area contributed by atoms with E-state index >= 15 is 0 Å². The fraction of sp³-hybridized carbons (Fsp3) is 0.833. The Morgan fingerprint density at radius 3 is 3.06 bits per heavy atom. The highest BCUT2D eigenvalue weighted by Crippen LogP contribution is 2.24. The Hall–Kier alpha value is -0.940. The topological polar surface area (TPSA) is 52.0 Å². The van der Waals surface area contributed by atoms with Crippen molar-refractivity contribution in [2.75, 3.05) is 13.2 Å². The third kappa shape index (κ3) is 3.26. The molecule has 1 aromatic rings. The van der Waals surface area contributed by atoms with Crippen LogP contribution in [0.2, 0.25) is 0 Å². The van der Waals surface area contributed by atoms with E-state index in [1.54, 1.807) is 0 Å². The van der Waals surface area contributed by atoms with Gasteiger partial charge in [-0.2, -0.15) is 0 Å². The van der Waals surface area contributed by atoms with Gasteiger partial charge in [0.1, 0.15) is 0 Å². The Morgan fingerprint density at radius 2 is 2.47 bits per heavy atom. The zero-order valence-corrected chi connectivity index (χ0v) is 10.7. The van der Waals surface area contributed by atoms with Gasteiger partial charge in [-0.05, 0) is 32.2 Å². The molecule has 2 heterocycles. The lowest BCUT2D eigenvalue weighted by Crippen LogP contribution is -2.30. The van der Waals surface area contributed by atoms with E-state index in [4.69, 9.17) is 4.74 Å². The van der Waals surface area contributed by atoms with Crippen LogP contribution < -0.4 is 5.32 Å². The molecule has 0 bridgehead atoms. The van der Waals surface area contributed by atoms with Crippen LogP contribution in [0, 0.1) is 0 Å². The van der Waals surface area contributed by atoms with Gasteiger partial charge in [0.15, 0.2) is 0 Å². The van der Waals surface area contributed by atoms with Crippen molar-refractivity contribution in [1.29, 1.82) is 0 Å². The van der Waals surface area contributed by atoms with Gasteiger partial charge in [0, 0.05) is 13.7 Å². The number of hydrogen-bond donors (Lipinski definition) is 1. The van der Waals surface area contributed by atoms with Crippen LogP contribution in [0.5, 0.6) is 0 Å². The molecule has 1 aliphatic rings. The molecule has 1 N–H and O–H groups in total. The van der Waals surface area contributed by atoms with E-state index in [2.05, 4.69) is 22.6 Å². The number of nitrogens with zero attached hydrogens (tertiary/aromatic N) is 3. The summed E-state index contributed by atoms with van der Waals surface area (Å²) in [6.45, 7) is 3.98. The van der Waals surface area contributed by atoms with E-state index in [1.807, 2.05) is 17.9 Å². The van der Waals surface area contributed by atoms with E-state index in [9.17, 15) is 0 Å². The Balaban J connectivity index is 1.99. The first-order valence-electron chi connectivity index (χ1n) is 6.50. The molecule has 2 rings (SSSR count). The number of rotatable bonds is 5. The van der Waals surface area contributed by atoms with Crippen molar-refractivity contribution in [3.8, 4) is 0 Å². The monoisotopic (exact) mass is 238 g/mol. The molecule has 0 amide bonds. The highest BCUT2D eigenvalue weighted by atomic mass is 16.5. The number of aromatic nitrogens is 3. The van der Waals surface area contributed by atoms with Crippen LogP contribution in [-0.4, -0.2) is 34.2 Å². The van der Waals surface area contributed by atoms with Crippen LogP contribution in [0.25, 0.3) is 0 Å². The standard InChI is InChI=1S/C12H22N4O/c1-3-13-11(12-9-14-15-16(12)2)8-10-6-4-5-7-17-10/h9-11,13H,3-8H2,1-2H3. The highest BCUT2D eigenvalue weighted by molar-refractivity contribution is 5.02. The molecule has 1 saturated heterocycles. The molecule has 0 radical (unpaired) electrons. The molecule has 1 fully saturated rings. The molecule has 1 aromatic heterocycles. The molecule has 1 aliphatic heterocycles. The fourth-order valence-electron chi connectivity index (χ4n) is 2.42. The average molecular weight is 238 g/mol. The quantitative estimate of drug-likeness (QED) is 0.843. The lowest BCUT2D eigenvalue weighted by molar-refractivity contribution is 0.00467. The van der Waals surface area contributed by atoms with Crippen LogP contribution in [0.4, 0.5) is 0 Å². The summed E-state index contributed by atoms with van der Waals surface area (Å²) >= 11 is 0. The van der Waals surface area contributed by atoms with Gasteiger partial charge in [0.2, 0.25) is 0 Å². The van der Waals surface area contributed by atoms with E-state index in [0.717, 1.165) is 25.3 Å². The number of aryl methyl sites for hydroxylation is 1. The second-order valence-electron chi connectivity index (χ2n) is 4.62. The number of nitrogens with one attached hydrogen (secondary N) is 1. The second-order valence-corrected chi connectivity index (χ2v) is 4.62. The summed E-state index contributed by atoms with van der Waals surface area (Å²) in [7, 11) is 1.94. The molecular formula is C12H22N4O. The summed E-state index contributed by atoms with van der Waals surface area (Å²) in [6.07, 6.45) is 6.89. The van der Waals surface area contributed by atoms with Gasteiger partial charge in [-0.1, -0.05) is 12.1 Å². The van der Waals surface area contributed by atoms with Crippen LogP contribution in [0.3, 0.4) is 0 Å². The molecule has 5 heteroatoms. The third-order valence-electron chi connectivity index (χ3n) is 3.33. The Kier molecular flexibility index (Phi) is 4.50. The maximum Gasteiger partial charge on any atom is 0.0754 e. The van der Waals surface area contributed by atoms with Crippen molar-refractivity contribution in [3.63, 3.8) is 0 Å². The van der Waals surface area contributed by atoms with Gasteiger partial charge in [-0.3, -0.25) is 4.68 Å². The van der Waals surface area contributed by atoms with E-state index in [-0.39, 0.29) is 0 Å². The van der Waals surface area contributed by atoms with Crippen molar-refractivity contribution in [2.45, 2.75) is 44.8 Å². The zero-order valence-electron chi connectivity index (χ0n) is 10.7. The van der Waals surface area contributed by atoms with E-state index in [0.29, 0.717) is 12.1 Å². The molecule has 5 nitrogen and oxygen atoms in total. The summed E-state index contributed by atoms with van der Waals surface area (Å²) in [5, 5.41) is 11.4. The van der Waals surface area contributed by atoms with Crippen molar-refractivity contribution >= 4 is 0 Å². The fourth-order valence-corrected chi connectivity index (χ4v) is 2.42. The van der Waals surface area contributed by atoms with Crippen molar-refractivity contribution < 1.29 is 4.74 Å². The normalized spacial score (nSPS) is 22.6. The van der Waals surface area contributed by atoms with Crippen LogP contribution in [0.15, 0.2) is 6.20 Å². The Labute approximate surface area is 103 Å². The maximum atomic E-state index is 5.80. The van der Waals surface area contributed by atoms with Crippen LogP contribution in [-0.2, 0) is 11.8 Å². The highest BCUT2D eigenvalue weighted by Gasteiger charge is 2.22. The summed E-state index contributed by atoms with van der Waals surface area (Å²) < 4.78 is 7.65. The molecule has 2 atom stereocenters. The lowest BCUT2D eigenvalue weighted by Gasteiger charge is -2.27. The molecule has 0 saturated carbocycles.